The third kappa shape index (κ3) is 1.64. The summed E-state index contributed by atoms with van der Waals surface area (Å²) in [4.78, 5) is 22.7. The smallest absolute Gasteiger partial charge is 0.469 e. The molecule has 0 bridgehead atoms. The first-order valence-corrected chi connectivity index (χ1v) is 4.80. The Hall–Kier alpha value is -1.27. The van der Waals surface area contributed by atoms with Crippen molar-refractivity contribution in [3.05, 3.63) is 0 Å². The maximum absolute atomic E-state index is 12.1. The maximum Gasteiger partial charge on any atom is 0.471 e. The summed E-state index contributed by atoms with van der Waals surface area (Å²) >= 11 is 0. The molecular formula is C9H10F3NO3. The van der Waals surface area contributed by atoms with Crippen LogP contribution in [0.4, 0.5) is 13.2 Å². The molecule has 1 saturated carbocycles. The van der Waals surface area contributed by atoms with Gasteiger partial charge in [-0.1, -0.05) is 0 Å². The minimum absolute atomic E-state index is 0.00275. The number of ether oxygens (including phenoxy) is 1. The summed E-state index contributed by atoms with van der Waals surface area (Å²) in [5.74, 6) is -2.84. The molecule has 90 valence electrons. The second kappa shape index (κ2) is 3.36. The Balaban J connectivity index is 1.91. The van der Waals surface area contributed by atoms with E-state index in [1.807, 2.05) is 0 Å². The van der Waals surface area contributed by atoms with Crippen LogP contribution in [-0.4, -0.2) is 43.2 Å². The first-order chi connectivity index (χ1) is 7.36. The number of alkyl halides is 3. The number of amides is 1. The van der Waals surface area contributed by atoms with Crippen molar-refractivity contribution in [3.8, 4) is 0 Å². The number of methoxy groups -OCH3 is 1. The highest BCUT2D eigenvalue weighted by Crippen LogP contribution is 2.52. The molecular weight excluding hydrogens is 227 g/mol. The molecule has 0 aromatic carbocycles. The SMILES string of the molecule is COC(=O)C1[C@H]2CN(C(=O)C(F)(F)F)C[C@@H]12. The number of fused-ring (bicyclic) bond motifs is 1. The van der Waals surface area contributed by atoms with Gasteiger partial charge >= 0.3 is 18.1 Å². The van der Waals surface area contributed by atoms with Crippen molar-refractivity contribution < 1.29 is 27.5 Å². The summed E-state index contributed by atoms with van der Waals surface area (Å²) in [7, 11) is 1.25. The van der Waals surface area contributed by atoms with E-state index in [0.29, 0.717) is 0 Å². The molecule has 1 unspecified atom stereocenters. The van der Waals surface area contributed by atoms with Crippen molar-refractivity contribution in [2.45, 2.75) is 6.18 Å². The van der Waals surface area contributed by atoms with Crippen LogP contribution in [0, 0.1) is 17.8 Å². The largest absolute Gasteiger partial charge is 0.471 e. The predicted octanol–water partition coefficient (Wildman–Crippen LogP) is 0.426. The lowest BCUT2D eigenvalue weighted by Crippen LogP contribution is -2.41. The molecule has 1 aliphatic carbocycles. The van der Waals surface area contributed by atoms with E-state index in [4.69, 9.17) is 0 Å². The van der Waals surface area contributed by atoms with E-state index >= 15 is 0 Å². The predicted molar refractivity (Wildman–Crippen MR) is 45.1 cm³/mol. The van der Waals surface area contributed by atoms with Crippen LogP contribution >= 0.6 is 0 Å². The van der Waals surface area contributed by atoms with E-state index in [1.54, 1.807) is 0 Å². The van der Waals surface area contributed by atoms with E-state index in [0.717, 1.165) is 4.90 Å². The summed E-state index contributed by atoms with van der Waals surface area (Å²) in [5.41, 5.74) is 0. The first-order valence-electron chi connectivity index (χ1n) is 4.80. The monoisotopic (exact) mass is 237 g/mol. The molecule has 2 fully saturated rings. The lowest BCUT2D eigenvalue weighted by molar-refractivity contribution is -0.185. The molecule has 0 aromatic rings. The van der Waals surface area contributed by atoms with E-state index < -0.39 is 18.1 Å². The Labute approximate surface area is 89.3 Å². The highest BCUT2D eigenvalue weighted by molar-refractivity contribution is 5.83. The van der Waals surface area contributed by atoms with Crippen LogP contribution in [0.3, 0.4) is 0 Å². The molecule has 0 radical (unpaired) electrons. The van der Waals surface area contributed by atoms with Gasteiger partial charge in [-0.15, -0.1) is 0 Å². The van der Waals surface area contributed by atoms with Crippen molar-refractivity contribution in [1.29, 1.82) is 0 Å². The summed E-state index contributed by atoms with van der Waals surface area (Å²) in [5, 5.41) is 0. The molecule has 0 aromatic heterocycles. The molecule has 1 amide bonds. The van der Waals surface area contributed by atoms with Gasteiger partial charge in [0.15, 0.2) is 0 Å². The van der Waals surface area contributed by atoms with Gasteiger partial charge < -0.3 is 9.64 Å². The second-order valence-corrected chi connectivity index (χ2v) is 4.08. The standard InChI is InChI=1S/C9H10F3NO3/c1-16-7(14)6-4-2-13(3-5(4)6)8(15)9(10,11)12/h4-6H,2-3H2,1H3/t4-,5+,6?. The molecule has 0 spiro atoms. The number of halogens is 3. The van der Waals surface area contributed by atoms with Gasteiger partial charge in [0.2, 0.25) is 0 Å². The Bertz CT molecular complexity index is 329. The van der Waals surface area contributed by atoms with Gasteiger partial charge in [-0.2, -0.15) is 13.2 Å². The van der Waals surface area contributed by atoms with Crippen molar-refractivity contribution in [1.82, 2.24) is 4.90 Å². The number of hydrogen-bond donors (Lipinski definition) is 0. The first kappa shape index (κ1) is 11.2. The van der Waals surface area contributed by atoms with E-state index in [2.05, 4.69) is 4.74 Å². The van der Waals surface area contributed by atoms with E-state index in [9.17, 15) is 22.8 Å². The van der Waals surface area contributed by atoms with Gasteiger partial charge in [-0.05, 0) is 11.8 Å². The van der Waals surface area contributed by atoms with Crippen molar-refractivity contribution in [2.75, 3.05) is 20.2 Å². The Kier molecular flexibility index (Phi) is 2.36. The minimum atomic E-state index is -4.82. The molecule has 2 aliphatic rings. The van der Waals surface area contributed by atoms with Crippen LogP contribution in [0.5, 0.6) is 0 Å². The third-order valence-electron chi connectivity index (χ3n) is 3.20. The number of nitrogens with zero attached hydrogens (tertiary/aromatic N) is 1. The fraction of sp³-hybridized carbons (Fsp3) is 0.778. The number of hydrogen-bond acceptors (Lipinski definition) is 3. The highest BCUT2D eigenvalue weighted by Gasteiger charge is 2.62. The molecule has 1 saturated heterocycles. The summed E-state index contributed by atoms with van der Waals surface area (Å²) in [6.07, 6.45) is -4.82. The Morgan fingerprint density at radius 1 is 1.25 bits per heavy atom. The average Bonchev–Trinajstić information content (AvgIpc) is 2.69. The van der Waals surface area contributed by atoms with Gasteiger partial charge in [-0.3, -0.25) is 9.59 Å². The quantitative estimate of drug-likeness (QED) is 0.621. The van der Waals surface area contributed by atoms with Crippen LogP contribution < -0.4 is 0 Å². The number of carbonyl (C=O) groups is 2. The lowest BCUT2D eigenvalue weighted by Gasteiger charge is -2.20. The molecule has 0 N–H and O–H groups in total. The molecule has 3 atom stereocenters. The number of carbonyl (C=O) groups excluding carboxylic acids is 2. The highest BCUT2D eigenvalue weighted by atomic mass is 19.4. The second-order valence-electron chi connectivity index (χ2n) is 4.08. The van der Waals surface area contributed by atoms with Gasteiger partial charge in [0.25, 0.3) is 0 Å². The van der Waals surface area contributed by atoms with Gasteiger partial charge in [0, 0.05) is 13.1 Å². The maximum atomic E-state index is 12.1. The van der Waals surface area contributed by atoms with E-state index in [-0.39, 0.29) is 30.8 Å². The zero-order valence-electron chi connectivity index (χ0n) is 8.45. The van der Waals surface area contributed by atoms with Crippen LogP contribution in [0.1, 0.15) is 0 Å². The number of likely N-dealkylation sites (tertiary alicyclic amines) is 1. The Morgan fingerprint density at radius 2 is 1.75 bits per heavy atom. The lowest BCUT2D eigenvalue weighted by atomic mass is 10.2. The molecule has 1 aliphatic heterocycles. The molecule has 7 heteroatoms. The van der Waals surface area contributed by atoms with Crippen LogP contribution in [0.25, 0.3) is 0 Å². The zero-order chi connectivity index (χ0) is 12.1. The summed E-state index contributed by atoms with van der Waals surface area (Å²) < 4.78 is 40.8. The van der Waals surface area contributed by atoms with Gasteiger partial charge in [-0.25, -0.2) is 0 Å². The summed E-state index contributed by atoms with van der Waals surface area (Å²) in [6.45, 7) is 0.00551. The molecule has 2 rings (SSSR count). The topological polar surface area (TPSA) is 46.6 Å². The van der Waals surface area contributed by atoms with Gasteiger partial charge in [0.05, 0.1) is 13.0 Å². The number of rotatable bonds is 1. The average molecular weight is 237 g/mol. The van der Waals surface area contributed by atoms with Gasteiger partial charge in [0.1, 0.15) is 0 Å². The van der Waals surface area contributed by atoms with Crippen LogP contribution in [0.15, 0.2) is 0 Å². The minimum Gasteiger partial charge on any atom is -0.469 e. The number of esters is 1. The Morgan fingerprint density at radius 3 is 2.12 bits per heavy atom. The normalized spacial score (nSPS) is 32.2. The van der Waals surface area contributed by atoms with Crippen LogP contribution in [0.2, 0.25) is 0 Å². The van der Waals surface area contributed by atoms with Crippen molar-refractivity contribution >= 4 is 11.9 Å². The molecule has 4 nitrogen and oxygen atoms in total. The van der Waals surface area contributed by atoms with Crippen LogP contribution in [-0.2, 0) is 14.3 Å². The fourth-order valence-corrected chi connectivity index (χ4v) is 2.36. The van der Waals surface area contributed by atoms with Crippen molar-refractivity contribution in [3.63, 3.8) is 0 Å². The van der Waals surface area contributed by atoms with Crippen molar-refractivity contribution in [2.24, 2.45) is 17.8 Å². The number of piperidine rings is 1. The third-order valence-corrected chi connectivity index (χ3v) is 3.20. The molecule has 16 heavy (non-hydrogen) atoms. The summed E-state index contributed by atoms with van der Waals surface area (Å²) in [6, 6.07) is 0. The fourth-order valence-electron chi connectivity index (χ4n) is 2.36. The van der Waals surface area contributed by atoms with E-state index in [1.165, 1.54) is 7.11 Å². The zero-order valence-corrected chi connectivity index (χ0v) is 8.45. The molecule has 1 heterocycles.